The first-order valence-electron chi connectivity index (χ1n) is 5.78. The molecule has 1 unspecified atom stereocenters. The van der Waals surface area contributed by atoms with E-state index in [4.69, 9.17) is 38.6 Å². The zero-order valence-corrected chi connectivity index (χ0v) is 13.5. The van der Waals surface area contributed by atoms with Crippen LogP contribution in [-0.4, -0.2) is 20.8 Å². The van der Waals surface area contributed by atoms with E-state index in [0.717, 1.165) is 6.42 Å². The molecule has 0 saturated heterocycles. The normalized spacial score (nSPS) is 13.3. The van der Waals surface area contributed by atoms with E-state index in [0.29, 0.717) is 28.8 Å². The van der Waals surface area contributed by atoms with Crippen molar-refractivity contribution in [2.24, 2.45) is 5.92 Å². The van der Waals surface area contributed by atoms with Crippen LogP contribution in [0.5, 0.6) is 5.75 Å². The molecular weight excluding hydrogens is 331 g/mol. The lowest BCUT2D eigenvalue weighted by molar-refractivity contribution is 0.282. The Morgan fingerprint density at radius 3 is 2.47 bits per heavy atom. The van der Waals surface area contributed by atoms with Crippen molar-refractivity contribution in [1.82, 2.24) is 0 Å². The number of rotatable bonds is 7. The molecule has 0 fully saturated rings. The molecule has 3 nitrogen and oxygen atoms in total. The summed E-state index contributed by atoms with van der Waals surface area (Å²) in [5.41, 5.74) is 0. The van der Waals surface area contributed by atoms with Crippen molar-refractivity contribution in [1.29, 1.82) is 0 Å². The van der Waals surface area contributed by atoms with Crippen LogP contribution in [0.25, 0.3) is 0 Å². The van der Waals surface area contributed by atoms with Crippen molar-refractivity contribution in [2.75, 3.05) is 12.4 Å². The summed E-state index contributed by atoms with van der Waals surface area (Å²) in [6.45, 7) is 2.45. The van der Waals surface area contributed by atoms with Gasteiger partial charge in [0.15, 0.2) is 0 Å². The third kappa shape index (κ3) is 7.25. The maximum absolute atomic E-state index is 10.8. The molecule has 108 valence electrons. The molecule has 0 aliphatic rings. The Morgan fingerprint density at radius 2 is 1.89 bits per heavy atom. The molecule has 0 aliphatic heterocycles. The van der Waals surface area contributed by atoms with Gasteiger partial charge in [-0.05, 0) is 30.9 Å². The van der Waals surface area contributed by atoms with Gasteiger partial charge in [0.05, 0.1) is 22.4 Å². The van der Waals surface area contributed by atoms with Crippen molar-refractivity contribution in [3.63, 3.8) is 0 Å². The average molecular weight is 346 g/mol. The zero-order valence-electron chi connectivity index (χ0n) is 10.4. The lowest BCUT2D eigenvalue weighted by Gasteiger charge is -2.11. The first-order chi connectivity index (χ1) is 8.78. The van der Waals surface area contributed by atoms with Crippen LogP contribution in [0, 0.1) is 5.92 Å². The van der Waals surface area contributed by atoms with E-state index in [1.54, 1.807) is 18.2 Å². The molecule has 1 aromatic carbocycles. The number of ether oxygens (including phenoxy) is 1. The van der Waals surface area contributed by atoms with Gasteiger partial charge in [-0.3, -0.25) is 0 Å². The molecule has 0 N–H and O–H groups in total. The minimum Gasteiger partial charge on any atom is -0.494 e. The summed E-state index contributed by atoms with van der Waals surface area (Å²) >= 11 is 11.7. The Balaban J connectivity index is 2.31. The summed E-state index contributed by atoms with van der Waals surface area (Å²) in [4.78, 5) is 0. The summed E-state index contributed by atoms with van der Waals surface area (Å²) in [6.07, 6.45) is 1.27. The van der Waals surface area contributed by atoms with Gasteiger partial charge in [0.25, 0.3) is 0 Å². The third-order valence-electron chi connectivity index (χ3n) is 2.62. The van der Waals surface area contributed by atoms with Gasteiger partial charge in [0.2, 0.25) is 9.05 Å². The van der Waals surface area contributed by atoms with Crippen molar-refractivity contribution in [3.05, 3.63) is 28.2 Å². The fourth-order valence-electron chi connectivity index (χ4n) is 1.43. The highest BCUT2D eigenvalue weighted by Gasteiger charge is 2.10. The van der Waals surface area contributed by atoms with Crippen molar-refractivity contribution in [2.45, 2.75) is 19.8 Å². The zero-order chi connectivity index (χ0) is 14.5. The monoisotopic (exact) mass is 344 g/mol. The van der Waals surface area contributed by atoms with Gasteiger partial charge in [-0.15, -0.1) is 0 Å². The van der Waals surface area contributed by atoms with Gasteiger partial charge in [0, 0.05) is 16.7 Å². The van der Waals surface area contributed by atoms with E-state index >= 15 is 0 Å². The SMILES string of the molecule is CC(CCOc1ccc(Cl)c(Cl)c1)CCS(=O)(=O)Cl. The number of halogens is 3. The fourth-order valence-corrected chi connectivity index (χ4v) is 2.67. The first kappa shape index (κ1) is 16.9. The molecule has 7 heteroatoms. The minimum atomic E-state index is -3.41. The Kier molecular flexibility index (Phi) is 6.74. The maximum atomic E-state index is 10.8. The summed E-state index contributed by atoms with van der Waals surface area (Å²) in [6, 6.07) is 5.06. The van der Waals surface area contributed by atoms with Gasteiger partial charge < -0.3 is 4.74 Å². The van der Waals surface area contributed by atoms with Gasteiger partial charge in [-0.2, -0.15) is 0 Å². The molecule has 1 atom stereocenters. The molecule has 0 bridgehead atoms. The number of hydrogen-bond donors (Lipinski definition) is 0. The Labute approximate surface area is 128 Å². The van der Waals surface area contributed by atoms with Gasteiger partial charge in [0.1, 0.15) is 5.75 Å². The predicted octanol–water partition coefficient (Wildman–Crippen LogP) is 4.36. The van der Waals surface area contributed by atoms with Crippen LogP contribution < -0.4 is 4.74 Å². The Morgan fingerprint density at radius 1 is 1.21 bits per heavy atom. The highest BCUT2D eigenvalue weighted by atomic mass is 35.7. The number of benzene rings is 1. The summed E-state index contributed by atoms with van der Waals surface area (Å²) in [5, 5.41) is 0.926. The molecule has 0 aromatic heterocycles. The van der Waals surface area contributed by atoms with E-state index in [1.807, 2.05) is 6.92 Å². The molecule has 0 amide bonds. The van der Waals surface area contributed by atoms with E-state index in [1.165, 1.54) is 0 Å². The van der Waals surface area contributed by atoms with Crippen LogP contribution in [0.15, 0.2) is 18.2 Å². The summed E-state index contributed by atoms with van der Waals surface area (Å²) < 4.78 is 27.1. The molecule has 0 aliphatic carbocycles. The molecule has 0 radical (unpaired) electrons. The largest absolute Gasteiger partial charge is 0.494 e. The highest BCUT2D eigenvalue weighted by molar-refractivity contribution is 8.13. The average Bonchev–Trinajstić information content (AvgIpc) is 2.30. The molecule has 1 rings (SSSR count). The second-order valence-corrected chi connectivity index (χ2v) is 8.06. The lowest BCUT2D eigenvalue weighted by atomic mass is 10.1. The van der Waals surface area contributed by atoms with E-state index in [9.17, 15) is 8.42 Å². The quantitative estimate of drug-likeness (QED) is 0.690. The molecule has 0 saturated carbocycles. The molecule has 0 spiro atoms. The van der Waals surface area contributed by atoms with Crippen LogP contribution >= 0.6 is 33.9 Å². The van der Waals surface area contributed by atoms with Crippen molar-refractivity contribution < 1.29 is 13.2 Å². The van der Waals surface area contributed by atoms with Crippen molar-refractivity contribution >= 4 is 42.9 Å². The topological polar surface area (TPSA) is 43.4 Å². The van der Waals surface area contributed by atoms with E-state index in [2.05, 4.69) is 0 Å². The fraction of sp³-hybridized carbons (Fsp3) is 0.500. The van der Waals surface area contributed by atoms with Crippen LogP contribution in [-0.2, 0) is 9.05 Å². The maximum Gasteiger partial charge on any atom is 0.232 e. The molecule has 19 heavy (non-hydrogen) atoms. The molecular formula is C12H15Cl3O3S. The van der Waals surface area contributed by atoms with Gasteiger partial charge in [-0.25, -0.2) is 8.42 Å². The van der Waals surface area contributed by atoms with Gasteiger partial charge >= 0.3 is 0 Å². The minimum absolute atomic E-state index is 0.0114. The second-order valence-electron chi connectivity index (χ2n) is 4.35. The highest BCUT2D eigenvalue weighted by Crippen LogP contribution is 2.26. The lowest BCUT2D eigenvalue weighted by Crippen LogP contribution is -2.08. The van der Waals surface area contributed by atoms with Crippen LogP contribution in [0.1, 0.15) is 19.8 Å². The summed E-state index contributed by atoms with van der Waals surface area (Å²) in [5.74, 6) is 0.852. The van der Waals surface area contributed by atoms with E-state index < -0.39 is 9.05 Å². The molecule has 1 aromatic rings. The standard InChI is InChI=1S/C12H15Cl3O3S/c1-9(5-7-19(15,16)17)4-6-18-10-2-3-11(13)12(14)8-10/h2-3,8-9H,4-7H2,1H3. The van der Waals surface area contributed by atoms with Crippen LogP contribution in [0.4, 0.5) is 0 Å². The Hall–Kier alpha value is -0.160. The van der Waals surface area contributed by atoms with Crippen molar-refractivity contribution in [3.8, 4) is 5.75 Å². The third-order valence-corrected chi connectivity index (χ3v) is 4.55. The second kappa shape index (κ2) is 7.58. The Bertz CT molecular complexity index is 517. The smallest absolute Gasteiger partial charge is 0.232 e. The van der Waals surface area contributed by atoms with E-state index in [-0.39, 0.29) is 11.7 Å². The van der Waals surface area contributed by atoms with Crippen LogP contribution in [0.2, 0.25) is 10.0 Å². The van der Waals surface area contributed by atoms with Crippen LogP contribution in [0.3, 0.4) is 0 Å². The molecule has 0 heterocycles. The van der Waals surface area contributed by atoms with Gasteiger partial charge in [-0.1, -0.05) is 30.1 Å². The summed E-state index contributed by atoms with van der Waals surface area (Å²) in [7, 11) is 1.75. The first-order valence-corrected chi connectivity index (χ1v) is 9.01. The predicted molar refractivity (Wildman–Crippen MR) is 80.0 cm³/mol. The number of hydrogen-bond acceptors (Lipinski definition) is 3.